The van der Waals surface area contributed by atoms with E-state index in [9.17, 15) is 9.90 Å². The van der Waals surface area contributed by atoms with E-state index in [4.69, 9.17) is 4.74 Å². The first-order valence-electron chi connectivity index (χ1n) is 7.27. The van der Waals surface area contributed by atoms with Crippen molar-refractivity contribution in [3.63, 3.8) is 0 Å². The molecule has 5 heteroatoms. The van der Waals surface area contributed by atoms with Gasteiger partial charge in [0, 0.05) is 25.0 Å². The number of nitrogens with zero attached hydrogens (tertiary/aromatic N) is 1. The molecule has 0 radical (unpaired) electrons. The van der Waals surface area contributed by atoms with E-state index in [1.807, 2.05) is 18.5 Å². The quantitative estimate of drug-likeness (QED) is 0.823. The molecule has 3 rings (SSSR count). The highest BCUT2D eigenvalue weighted by Crippen LogP contribution is 2.34. The highest BCUT2D eigenvalue weighted by molar-refractivity contribution is 5.21. The summed E-state index contributed by atoms with van der Waals surface area (Å²) >= 11 is 0. The van der Waals surface area contributed by atoms with Gasteiger partial charge in [0.05, 0.1) is 6.10 Å². The Balaban J connectivity index is 1.77. The molecular weight excluding hydrogens is 256 g/mol. The average Bonchev–Trinajstić information content (AvgIpc) is 2.83. The Kier molecular flexibility index (Phi) is 3.56. The number of aromatic nitrogens is 1. The topological polar surface area (TPSA) is 63.5 Å². The van der Waals surface area contributed by atoms with Gasteiger partial charge in [-0.1, -0.05) is 0 Å². The van der Waals surface area contributed by atoms with E-state index < -0.39 is 6.10 Å². The molecule has 0 bridgehead atoms. The van der Waals surface area contributed by atoms with E-state index in [0.717, 1.165) is 31.6 Å². The molecule has 1 saturated heterocycles. The standard InChI is InChI=1S/C15H22N2O3/c1-9-3-12(18)15(8-17(9)2)20-14-5-11-7-16-6-10(11)4-13(14)19/h3,8,10-11,13-14,16,19H,4-7H2,1-2H3/t10-,11+,13+,14+/m0/s1. The number of rotatable bonds is 2. The second kappa shape index (κ2) is 5.22. The Hall–Kier alpha value is -1.33. The van der Waals surface area contributed by atoms with Gasteiger partial charge in [-0.05, 0) is 44.7 Å². The Morgan fingerprint density at radius 2 is 2.05 bits per heavy atom. The molecule has 1 aliphatic carbocycles. The van der Waals surface area contributed by atoms with Crippen molar-refractivity contribution < 1.29 is 9.84 Å². The minimum Gasteiger partial charge on any atom is -0.482 e. The van der Waals surface area contributed by atoms with Gasteiger partial charge in [-0.3, -0.25) is 4.79 Å². The Morgan fingerprint density at radius 1 is 1.35 bits per heavy atom. The Labute approximate surface area is 118 Å². The van der Waals surface area contributed by atoms with Crippen LogP contribution in [-0.4, -0.2) is 35.0 Å². The number of nitrogens with one attached hydrogen (secondary N) is 1. The summed E-state index contributed by atoms with van der Waals surface area (Å²) in [6, 6.07) is 1.57. The van der Waals surface area contributed by atoms with Gasteiger partial charge in [-0.25, -0.2) is 0 Å². The largest absolute Gasteiger partial charge is 0.482 e. The van der Waals surface area contributed by atoms with Gasteiger partial charge in [0.25, 0.3) is 0 Å². The van der Waals surface area contributed by atoms with Crippen molar-refractivity contribution in [2.45, 2.75) is 32.0 Å². The Bertz CT molecular complexity index is 555. The molecular formula is C15H22N2O3. The van der Waals surface area contributed by atoms with Gasteiger partial charge in [-0.15, -0.1) is 0 Å². The van der Waals surface area contributed by atoms with Crippen LogP contribution in [0.1, 0.15) is 18.5 Å². The number of aryl methyl sites for hydroxylation is 2. The summed E-state index contributed by atoms with van der Waals surface area (Å²) in [5.41, 5.74) is 0.783. The summed E-state index contributed by atoms with van der Waals surface area (Å²) in [6.07, 6.45) is 2.53. The van der Waals surface area contributed by atoms with Crippen molar-refractivity contribution in [3.05, 3.63) is 28.2 Å². The second-order valence-electron chi connectivity index (χ2n) is 6.13. The summed E-state index contributed by atoms with van der Waals surface area (Å²) in [6.45, 7) is 3.86. The first-order chi connectivity index (χ1) is 9.54. The molecule has 2 aliphatic rings. The predicted octanol–water partition coefficient (Wildman–Crippen LogP) is 0.431. The number of ether oxygens (including phenoxy) is 1. The van der Waals surface area contributed by atoms with E-state index in [1.54, 1.807) is 12.3 Å². The maximum atomic E-state index is 12.0. The van der Waals surface area contributed by atoms with Crippen LogP contribution in [0.25, 0.3) is 0 Å². The van der Waals surface area contributed by atoms with Crippen LogP contribution in [0.4, 0.5) is 0 Å². The smallest absolute Gasteiger partial charge is 0.223 e. The minimum absolute atomic E-state index is 0.112. The maximum absolute atomic E-state index is 12.0. The number of hydrogen-bond donors (Lipinski definition) is 2. The summed E-state index contributed by atoms with van der Waals surface area (Å²) < 4.78 is 7.70. The molecule has 1 aromatic heterocycles. The van der Waals surface area contributed by atoms with Crippen molar-refractivity contribution in [2.24, 2.45) is 18.9 Å². The Morgan fingerprint density at radius 3 is 2.80 bits per heavy atom. The van der Waals surface area contributed by atoms with Crippen LogP contribution in [0.15, 0.2) is 17.1 Å². The summed E-state index contributed by atoms with van der Waals surface area (Å²) in [4.78, 5) is 12.0. The third-order valence-corrected chi connectivity index (χ3v) is 4.72. The lowest BCUT2D eigenvalue weighted by Crippen LogP contribution is -2.42. The number of pyridine rings is 1. The van der Waals surface area contributed by atoms with Crippen molar-refractivity contribution in [1.29, 1.82) is 0 Å². The number of hydrogen-bond acceptors (Lipinski definition) is 4. The molecule has 1 saturated carbocycles. The molecule has 5 nitrogen and oxygen atoms in total. The molecule has 1 aliphatic heterocycles. The highest BCUT2D eigenvalue weighted by Gasteiger charge is 2.40. The maximum Gasteiger partial charge on any atom is 0.223 e. The monoisotopic (exact) mass is 278 g/mol. The average molecular weight is 278 g/mol. The molecule has 2 fully saturated rings. The van der Waals surface area contributed by atoms with E-state index in [2.05, 4.69) is 5.32 Å². The third-order valence-electron chi connectivity index (χ3n) is 4.72. The normalized spacial score (nSPS) is 33.0. The minimum atomic E-state index is -0.484. The summed E-state index contributed by atoms with van der Waals surface area (Å²) in [5, 5.41) is 13.6. The third kappa shape index (κ3) is 2.47. The van der Waals surface area contributed by atoms with Crippen LogP contribution >= 0.6 is 0 Å². The lowest BCUT2D eigenvalue weighted by molar-refractivity contribution is -0.0238. The second-order valence-corrected chi connectivity index (χ2v) is 6.13. The molecule has 20 heavy (non-hydrogen) atoms. The highest BCUT2D eigenvalue weighted by atomic mass is 16.5. The SMILES string of the molecule is Cc1cc(=O)c(O[C@@H]2C[C@@H]3CNC[C@@H]3C[C@H]2O)cn1C. The zero-order chi connectivity index (χ0) is 14.3. The molecule has 0 spiro atoms. The van der Waals surface area contributed by atoms with Gasteiger partial charge in [0.2, 0.25) is 5.43 Å². The van der Waals surface area contributed by atoms with Gasteiger partial charge in [0.1, 0.15) is 6.10 Å². The van der Waals surface area contributed by atoms with E-state index in [0.29, 0.717) is 17.6 Å². The molecule has 0 aromatic carbocycles. The van der Waals surface area contributed by atoms with E-state index >= 15 is 0 Å². The molecule has 4 atom stereocenters. The van der Waals surface area contributed by atoms with Gasteiger partial charge in [-0.2, -0.15) is 0 Å². The first-order valence-corrected chi connectivity index (χ1v) is 7.27. The van der Waals surface area contributed by atoms with Crippen LogP contribution in [0.3, 0.4) is 0 Å². The van der Waals surface area contributed by atoms with Gasteiger partial charge < -0.3 is 19.7 Å². The summed E-state index contributed by atoms with van der Waals surface area (Å²) in [5.74, 6) is 1.44. The van der Waals surface area contributed by atoms with Gasteiger partial charge >= 0.3 is 0 Å². The fraction of sp³-hybridized carbons (Fsp3) is 0.667. The van der Waals surface area contributed by atoms with Crippen LogP contribution in [0.2, 0.25) is 0 Å². The van der Waals surface area contributed by atoms with Crippen LogP contribution in [-0.2, 0) is 7.05 Å². The molecule has 2 N–H and O–H groups in total. The number of aliphatic hydroxyl groups excluding tert-OH is 1. The van der Waals surface area contributed by atoms with Crippen molar-refractivity contribution in [3.8, 4) is 5.75 Å². The van der Waals surface area contributed by atoms with Crippen LogP contribution in [0.5, 0.6) is 5.75 Å². The zero-order valence-electron chi connectivity index (χ0n) is 12.0. The van der Waals surface area contributed by atoms with Crippen molar-refractivity contribution >= 4 is 0 Å². The first kappa shape index (κ1) is 13.6. The molecule has 2 heterocycles. The van der Waals surface area contributed by atoms with Crippen LogP contribution in [0, 0.1) is 18.8 Å². The zero-order valence-corrected chi connectivity index (χ0v) is 12.0. The molecule has 1 aromatic rings. The fourth-order valence-corrected chi connectivity index (χ4v) is 3.34. The van der Waals surface area contributed by atoms with Gasteiger partial charge in [0.15, 0.2) is 5.75 Å². The molecule has 0 amide bonds. The fourth-order valence-electron chi connectivity index (χ4n) is 3.34. The number of aliphatic hydroxyl groups is 1. The summed E-state index contributed by atoms with van der Waals surface area (Å²) in [7, 11) is 1.88. The number of fused-ring (bicyclic) bond motifs is 1. The predicted molar refractivity (Wildman–Crippen MR) is 75.9 cm³/mol. The van der Waals surface area contributed by atoms with Crippen LogP contribution < -0.4 is 15.5 Å². The molecule has 0 unspecified atom stereocenters. The lowest BCUT2D eigenvalue weighted by Gasteiger charge is -2.35. The van der Waals surface area contributed by atoms with E-state index in [1.165, 1.54) is 0 Å². The molecule has 110 valence electrons. The van der Waals surface area contributed by atoms with E-state index in [-0.39, 0.29) is 11.5 Å². The van der Waals surface area contributed by atoms with Crippen molar-refractivity contribution in [2.75, 3.05) is 13.1 Å². The van der Waals surface area contributed by atoms with Crippen molar-refractivity contribution in [1.82, 2.24) is 9.88 Å². The lowest BCUT2D eigenvalue weighted by atomic mass is 9.78.